The van der Waals surface area contributed by atoms with E-state index in [0.717, 1.165) is 0 Å². The molecule has 7 heteroatoms. The van der Waals surface area contributed by atoms with Crippen LogP contribution in [0.3, 0.4) is 0 Å². The van der Waals surface area contributed by atoms with Gasteiger partial charge in [-0.2, -0.15) is 0 Å². The molecule has 0 unspecified atom stereocenters. The maximum absolute atomic E-state index is 11.6. The first-order valence-corrected chi connectivity index (χ1v) is 6.01. The molecule has 0 fully saturated rings. The number of non-ortho nitro benzene ring substituents is 1. The predicted octanol–water partition coefficient (Wildman–Crippen LogP) is 2.23. The number of amides is 1. The number of nitrogens with one attached hydrogen (secondary N) is 1. The molecular formula is C11H9N3O3S. The van der Waals surface area contributed by atoms with Gasteiger partial charge in [0.15, 0.2) is 0 Å². The minimum absolute atomic E-state index is 0.0542. The average Bonchev–Trinajstić information content (AvgIpc) is 2.82. The third-order valence-electron chi connectivity index (χ3n) is 2.17. The maximum atomic E-state index is 11.6. The molecule has 1 aromatic carbocycles. The first kappa shape index (κ1) is 12.2. The Kier molecular flexibility index (Phi) is 3.63. The fourth-order valence-electron chi connectivity index (χ4n) is 1.39. The van der Waals surface area contributed by atoms with Crippen molar-refractivity contribution in [2.75, 3.05) is 5.32 Å². The standard InChI is InChI=1S/C11H9N3O3S/c15-11(5-9-6-18-7-12-9)13-8-2-1-3-10(4-8)14(16)17/h1-4,6-7H,5H2,(H,13,15). The van der Waals surface area contributed by atoms with Gasteiger partial charge in [-0.25, -0.2) is 4.98 Å². The van der Waals surface area contributed by atoms with E-state index < -0.39 is 4.92 Å². The van der Waals surface area contributed by atoms with Gasteiger partial charge in [0.1, 0.15) is 0 Å². The Hall–Kier alpha value is -2.28. The summed E-state index contributed by atoms with van der Waals surface area (Å²) in [5, 5.41) is 15.0. The van der Waals surface area contributed by atoms with E-state index in [4.69, 9.17) is 0 Å². The highest BCUT2D eigenvalue weighted by atomic mass is 32.1. The Morgan fingerprint density at radius 1 is 1.50 bits per heavy atom. The lowest BCUT2D eigenvalue weighted by molar-refractivity contribution is -0.384. The van der Waals surface area contributed by atoms with Gasteiger partial charge in [-0.05, 0) is 6.07 Å². The van der Waals surface area contributed by atoms with Gasteiger partial charge in [0.05, 0.1) is 22.5 Å². The van der Waals surface area contributed by atoms with E-state index in [1.807, 2.05) is 0 Å². The molecule has 92 valence electrons. The quantitative estimate of drug-likeness (QED) is 0.677. The molecule has 1 amide bonds. The second-order valence-electron chi connectivity index (χ2n) is 3.51. The molecule has 0 aliphatic rings. The van der Waals surface area contributed by atoms with Crippen LogP contribution in [-0.2, 0) is 11.2 Å². The Morgan fingerprint density at radius 2 is 2.33 bits per heavy atom. The van der Waals surface area contributed by atoms with Crippen molar-refractivity contribution >= 4 is 28.6 Å². The molecule has 2 rings (SSSR count). The number of rotatable bonds is 4. The zero-order chi connectivity index (χ0) is 13.0. The highest BCUT2D eigenvalue weighted by Crippen LogP contribution is 2.17. The SMILES string of the molecule is O=C(Cc1cscn1)Nc1cccc([N+](=O)[O-])c1. The molecule has 0 saturated carbocycles. The van der Waals surface area contributed by atoms with Gasteiger partial charge in [-0.1, -0.05) is 6.07 Å². The van der Waals surface area contributed by atoms with E-state index in [9.17, 15) is 14.9 Å². The number of anilines is 1. The largest absolute Gasteiger partial charge is 0.325 e. The summed E-state index contributed by atoms with van der Waals surface area (Å²) in [7, 11) is 0. The van der Waals surface area contributed by atoms with Crippen molar-refractivity contribution in [1.29, 1.82) is 0 Å². The van der Waals surface area contributed by atoms with E-state index >= 15 is 0 Å². The number of carbonyl (C=O) groups is 1. The predicted molar refractivity (Wildman–Crippen MR) is 67.5 cm³/mol. The monoisotopic (exact) mass is 263 g/mol. The summed E-state index contributed by atoms with van der Waals surface area (Å²) in [5.74, 6) is -0.249. The Balaban J connectivity index is 2.03. The van der Waals surface area contributed by atoms with E-state index in [2.05, 4.69) is 10.3 Å². The summed E-state index contributed by atoms with van der Waals surface area (Å²) in [6, 6.07) is 5.82. The lowest BCUT2D eigenvalue weighted by Crippen LogP contribution is -2.14. The summed E-state index contributed by atoms with van der Waals surface area (Å²) >= 11 is 1.41. The van der Waals surface area contributed by atoms with Gasteiger partial charge in [0.2, 0.25) is 5.91 Å². The number of nitro benzene ring substituents is 1. The van der Waals surface area contributed by atoms with E-state index in [1.54, 1.807) is 17.0 Å². The summed E-state index contributed by atoms with van der Waals surface area (Å²) in [6.45, 7) is 0. The molecule has 1 aromatic heterocycles. The highest BCUT2D eigenvalue weighted by molar-refractivity contribution is 7.07. The summed E-state index contributed by atoms with van der Waals surface area (Å²) in [4.78, 5) is 25.7. The second kappa shape index (κ2) is 5.37. The highest BCUT2D eigenvalue weighted by Gasteiger charge is 2.09. The Bertz CT molecular complexity index is 569. The fourth-order valence-corrected chi connectivity index (χ4v) is 1.95. The van der Waals surface area contributed by atoms with Gasteiger partial charge in [-0.15, -0.1) is 11.3 Å². The van der Waals surface area contributed by atoms with Crippen LogP contribution in [-0.4, -0.2) is 15.8 Å². The van der Waals surface area contributed by atoms with Crippen molar-refractivity contribution in [1.82, 2.24) is 4.98 Å². The van der Waals surface area contributed by atoms with E-state index in [-0.39, 0.29) is 18.0 Å². The van der Waals surface area contributed by atoms with Crippen LogP contribution in [0.25, 0.3) is 0 Å². The molecular weight excluding hydrogens is 254 g/mol. The van der Waals surface area contributed by atoms with Crippen LogP contribution < -0.4 is 5.32 Å². The lowest BCUT2D eigenvalue weighted by atomic mass is 10.2. The molecule has 2 aromatic rings. The van der Waals surface area contributed by atoms with Gasteiger partial charge in [-0.3, -0.25) is 14.9 Å². The normalized spacial score (nSPS) is 10.0. The molecule has 1 heterocycles. The van der Waals surface area contributed by atoms with Crippen LogP contribution in [0.2, 0.25) is 0 Å². The molecule has 0 spiro atoms. The number of hydrogen-bond donors (Lipinski definition) is 1. The topological polar surface area (TPSA) is 85.1 Å². The first-order chi connectivity index (χ1) is 8.65. The number of hydrogen-bond acceptors (Lipinski definition) is 5. The second-order valence-corrected chi connectivity index (χ2v) is 4.23. The number of nitrogens with zero attached hydrogens (tertiary/aromatic N) is 2. The minimum Gasteiger partial charge on any atom is -0.325 e. The van der Waals surface area contributed by atoms with Crippen LogP contribution in [0.4, 0.5) is 11.4 Å². The molecule has 0 radical (unpaired) electrons. The van der Waals surface area contributed by atoms with Crippen molar-refractivity contribution in [3.05, 3.63) is 51.0 Å². The Morgan fingerprint density at radius 3 is 3.00 bits per heavy atom. The molecule has 18 heavy (non-hydrogen) atoms. The number of thiazole rings is 1. The van der Waals surface area contributed by atoms with E-state index in [1.165, 1.54) is 29.5 Å². The summed E-state index contributed by atoms with van der Waals surface area (Å²) in [6.07, 6.45) is 0.159. The number of carbonyl (C=O) groups excluding carboxylic acids is 1. The molecule has 0 aliphatic carbocycles. The fraction of sp³-hybridized carbons (Fsp3) is 0.0909. The van der Waals surface area contributed by atoms with Crippen LogP contribution in [0.15, 0.2) is 35.2 Å². The van der Waals surface area contributed by atoms with E-state index in [0.29, 0.717) is 11.4 Å². The third kappa shape index (κ3) is 3.11. The summed E-state index contributed by atoms with van der Waals surface area (Å²) < 4.78 is 0. The van der Waals surface area contributed by atoms with Crippen molar-refractivity contribution < 1.29 is 9.72 Å². The van der Waals surface area contributed by atoms with Crippen molar-refractivity contribution in [3.8, 4) is 0 Å². The Labute approximate surface area is 106 Å². The minimum atomic E-state index is -0.504. The van der Waals surface area contributed by atoms with Gasteiger partial charge < -0.3 is 5.32 Å². The number of benzene rings is 1. The average molecular weight is 263 g/mol. The van der Waals surface area contributed by atoms with Gasteiger partial charge in [0, 0.05) is 23.2 Å². The van der Waals surface area contributed by atoms with Crippen LogP contribution in [0.1, 0.15) is 5.69 Å². The third-order valence-corrected chi connectivity index (χ3v) is 2.80. The molecule has 6 nitrogen and oxygen atoms in total. The smallest absolute Gasteiger partial charge is 0.271 e. The van der Waals surface area contributed by atoms with Gasteiger partial charge in [0.25, 0.3) is 5.69 Å². The first-order valence-electron chi connectivity index (χ1n) is 5.06. The molecule has 0 atom stereocenters. The van der Waals surface area contributed by atoms with Crippen molar-refractivity contribution in [3.63, 3.8) is 0 Å². The zero-order valence-electron chi connectivity index (χ0n) is 9.20. The zero-order valence-corrected chi connectivity index (χ0v) is 10.0. The number of nitro groups is 1. The van der Waals surface area contributed by atoms with Crippen LogP contribution in [0.5, 0.6) is 0 Å². The van der Waals surface area contributed by atoms with Crippen LogP contribution >= 0.6 is 11.3 Å². The molecule has 0 aliphatic heterocycles. The molecule has 1 N–H and O–H groups in total. The molecule has 0 saturated heterocycles. The van der Waals surface area contributed by atoms with Gasteiger partial charge >= 0.3 is 0 Å². The molecule has 0 bridgehead atoms. The maximum Gasteiger partial charge on any atom is 0.271 e. The van der Waals surface area contributed by atoms with Crippen molar-refractivity contribution in [2.24, 2.45) is 0 Å². The van der Waals surface area contributed by atoms with Crippen molar-refractivity contribution in [2.45, 2.75) is 6.42 Å². The number of aromatic nitrogens is 1. The summed E-state index contributed by atoms with van der Waals surface area (Å²) in [5.41, 5.74) is 2.68. The van der Waals surface area contributed by atoms with Crippen LogP contribution in [0, 0.1) is 10.1 Å². The lowest BCUT2D eigenvalue weighted by Gasteiger charge is -2.03.